The first-order valence-corrected chi connectivity index (χ1v) is 6.16. The molecule has 0 spiro atoms. The van der Waals surface area contributed by atoms with E-state index in [0.29, 0.717) is 17.9 Å². The van der Waals surface area contributed by atoms with Crippen LogP contribution in [0.25, 0.3) is 0 Å². The first-order chi connectivity index (χ1) is 7.68. The van der Waals surface area contributed by atoms with E-state index in [-0.39, 0.29) is 5.82 Å². The standard InChI is InChI=1S/C14H20FN/c1-10(2)16-9-13(11-7-8-11)12-5-3-4-6-14(12)15/h3-6,10-11,13,16H,7-9H2,1-2H3. The molecule has 0 bridgehead atoms. The van der Waals surface area contributed by atoms with Crippen molar-refractivity contribution in [3.8, 4) is 0 Å². The molecule has 0 heterocycles. The molecule has 0 aromatic heterocycles. The van der Waals surface area contributed by atoms with Gasteiger partial charge in [0.25, 0.3) is 0 Å². The highest BCUT2D eigenvalue weighted by atomic mass is 19.1. The van der Waals surface area contributed by atoms with Gasteiger partial charge in [-0.15, -0.1) is 0 Å². The normalized spacial score (nSPS) is 17.8. The van der Waals surface area contributed by atoms with Gasteiger partial charge in [0, 0.05) is 18.5 Å². The van der Waals surface area contributed by atoms with Crippen molar-refractivity contribution in [3.63, 3.8) is 0 Å². The van der Waals surface area contributed by atoms with Gasteiger partial charge in [-0.2, -0.15) is 0 Å². The highest BCUT2D eigenvalue weighted by Gasteiger charge is 2.33. The van der Waals surface area contributed by atoms with Crippen LogP contribution < -0.4 is 5.32 Å². The van der Waals surface area contributed by atoms with Crippen LogP contribution in [0.15, 0.2) is 24.3 Å². The summed E-state index contributed by atoms with van der Waals surface area (Å²) in [6.07, 6.45) is 2.50. The minimum absolute atomic E-state index is 0.0510. The molecule has 1 aliphatic carbocycles. The predicted octanol–water partition coefficient (Wildman–Crippen LogP) is 3.32. The Labute approximate surface area is 97.1 Å². The van der Waals surface area contributed by atoms with E-state index in [1.165, 1.54) is 12.8 Å². The Morgan fingerprint density at radius 3 is 2.56 bits per heavy atom. The van der Waals surface area contributed by atoms with Gasteiger partial charge >= 0.3 is 0 Å². The van der Waals surface area contributed by atoms with Crippen molar-refractivity contribution in [2.75, 3.05) is 6.54 Å². The van der Waals surface area contributed by atoms with Gasteiger partial charge < -0.3 is 5.32 Å². The minimum atomic E-state index is -0.0510. The summed E-state index contributed by atoms with van der Waals surface area (Å²) in [7, 11) is 0. The number of halogens is 1. The molecule has 1 fully saturated rings. The van der Waals surface area contributed by atoms with Crippen molar-refractivity contribution in [3.05, 3.63) is 35.6 Å². The van der Waals surface area contributed by atoms with E-state index in [0.717, 1.165) is 12.1 Å². The van der Waals surface area contributed by atoms with Gasteiger partial charge in [-0.25, -0.2) is 4.39 Å². The molecular weight excluding hydrogens is 201 g/mol. The monoisotopic (exact) mass is 221 g/mol. The van der Waals surface area contributed by atoms with E-state index >= 15 is 0 Å². The molecule has 16 heavy (non-hydrogen) atoms. The molecule has 1 nitrogen and oxygen atoms in total. The zero-order valence-electron chi connectivity index (χ0n) is 10.0. The van der Waals surface area contributed by atoms with Crippen LogP contribution in [0.4, 0.5) is 4.39 Å². The van der Waals surface area contributed by atoms with Crippen LogP contribution in [-0.2, 0) is 0 Å². The van der Waals surface area contributed by atoms with Gasteiger partial charge in [0.1, 0.15) is 5.82 Å². The predicted molar refractivity (Wildman–Crippen MR) is 65.0 cm³/mol. The van der Waals surface area contributed by atoms with Gasteiger partial charge in [0.05, 0.1) is 0 Å². The Morgan fingerprint density at radius 2 is 2.00 bits per heavy atom. The fraction of sp³-hybridized carbons (Fsp3) is 0.571. The summed E-state index contributed by atoms with van der Waals surface area (Å²) in [6, 6.07) is 7.66. The molecule has 88 valence electrons. The molecule has 0 amide bonds. The molecule has 1 atom stereocenters. The third-order valence-electron chi connectivity index (χ3n) is 3.24. The molecular formula is C14H20FN. The number of benzene rings is 1. The first-order valence-electron chi connectivity index (χ1n) is 6.16. The molecule has 1 aromatic carbocycles. The summed E-state index contributed by atoms with van der Waals surface area (Å²) in [5, 5.41) is 3.43. The van der Waals surface area contributed by atoms with E-state index in [9.17, 15) is 4.39 Å². The smallest absolute Gasteiger partial charge is 0.126 e. The van der Waals surface area contributed by atoms with Crippen molar-refractivity contribution < 1.29 is 4.39 Å². The Kier molecular flexibility index (Phi) is 3.59. The van der Waals surface area contributed by atoms with Crippen molar-refractivity contribution in [1.29, 1.82) is 0 Å². The summed E-state index contributed by atoms with van der Waals surface area (Å²) < 4.78 is 13.7. The highest BCUT2D eigenvalue weighted by molar-refractivity contribution is 5.24. The second-order valence-electron chi connectivity index (χ2n) is 5.03. The molecule has 2 heteroatoms. The molecule has 1 saturated carbocycles. The van der Waals surface area contributed by atoms with Gasteiger partial charge in [-0.1, -0.05) is 32.0 Å². The van der Waals surface area contributed by atoms with Crippen LogP contribution >= 0.6 is 0 Å². The van der Waals surface area contributed by atoms with Crippen molar-refractivity contribution in [2.45, 2.75) is 38.6 Å². The van der Waals surface area contributed by atoms with E-state index in [4.69, 9.17) is 0 Å². The molecule has 0 radical (unpaired) electrons. The topological polar surface area (TPSA) is 12.0 Å². The Hall–Kier alpha value is -0.890. The molecule has 1 aromatic rings. The van der Waals surface area contributed by atoms with Crippen LogP contribution in [-0.4, -0.2) is 12.6 Å². The van der Waals surface area contributed by atoms with Crippen molar-refractivity contribution in [2.24, 2.45) is 5.92 Å². The van der Waals surface area contributed by atoms with E-state index in [1.54, 1.807) is 12.1 Å². The molecule has 2 rings (SSSR count). The Bertz CT molecular complexity index is 344. The third kappa shape index (κ3) is 2.82. The average Bonchev–Trinajstić information content (AvgIpc) is 3.04. The lowest BCUT2D eigenvalue weighted by Crippen LogP contribution is -2.29. The Morgan fingerprint density at radius 1 is 1.31 bits per heavy atom. The zero-order chi connectivity index (χ0) is 11.5. The highest BCUT2D eigenvalue weighted by Crippen LogP contribution is 2.42. The van der Waals surface area contributed by atoms with Crippen LogP contribution in [0, 0.1) is 11.7 Å². The molecule has 1 aliphatic rings. The first kappa shape index (κ1) is 11.6. The van der Waals surface area contributed by atoms with E-state index in [2.05, 4.69) is 19.2 Å². The Balaban J connectivity index is 2.10. The van der Waals surface area contributed by atoms with Crippen LogP contribution in [0.5, 0.6) is 0 Å². The number of rotatable bonds is 5. The maximum Gasteiger partial charge on any atom is 0.126 e. The summed E-state index contributed by atoms with van der Waals surface area (Å²) in [4.78, 5) is 0. The maximum absolute atomic E-state index is 13.7. The van der Waals surface area contributed by atoms with Crippen molar-refractivity contribution >= 4 is 0 Å². The molecule has 1 N–H and O–H groups in total. The summed E-state index contributed by atoms with van der Waals surface area (Å²) in [5.41, 5.74) is 0.887. The SMILES string of the molecule is CC(C)NCC(c1ccccc1F)C1CC1. The quantitative estimate of drug-likeness (QED) is 0.804. The number of hydrogen-bond donors (Lipinski definition) is 1. The van der Waals surface area contributed by atoms with Crippen LogP contribution in [0.2, 0.25) is 0 Å². The van der Waals surface area contributed by atoms with E-state index in [1.807, 2.05) is 12.1 Å². The average molecular weight is 221 g/mol. The summed E-state index contributed by atoms with van der Waals surface area (Å²) in [5.74, 6) is 0.983. The number of nitrogens with one attached hydrogen (secondary N) is 1. The largest absolute Gasteiger partial charge is 0.314 e. The lowest BCUT2D eigenvalue weighted by molar-refractivity contribution is 0.477. The number of hydrogen-bond acceptors (Lipinski definition) is 1. The summed E-state index contributed by atoms with van der Waals surface area (Å²) in [6.45, 7) is 5.15. The lowest BCUT2D eigenvalue weighted by atomic mass is 9.93. The van der Waals surface area contributed by atoms with E-state index < -0.39 is 0 Å². The van der Waals surface area contributed by atoms with Crippen LogP contribution in [0.1, 0.15) is 38.2 Å². The molecule has 1 unspecified atom stereocenters. The van der Waals surface area contributed by atoms with Gasteiger partial charge in [0.15, 0.2) is 0 Å². The molecule has 0 aliphatic heterocycles. The second-order valence-corrected chi connectivity index (χ2v) is 5.03. The lowest BCUT2D eigenvalue weighted by Gasteiger charge is -2.19. The maximum atomic E-state index is 13.7. The second kappa shape index (κ2) is 4.96. The fourth-order valence-electron chi connectivity index (χ4n) is 2.17. The van der Waals surface area contributed by atoms with Gasteiger partial charge in [0.2, 0.25) is 0 Å². The zero-order valence-corrected chi connectivity index (χ0v) is 10.0. The van der Waals surface area contributed by atoms with Crippen molar-refractivity contribution in [1.82, 2.24) is 5.32 Å². The molecule has 0 saturated heterocycles. The van der Waals surface area contributed by atoms with Gasteiger partial charge in [-0.05, 0) is 30.4 Å². The fourth-order valence-corrected chi connectivity index (χ4v) is 2.17. The minimum Gasteiger partial charge on any atom is -0.314 e. The third-order valence-corrected chi connectivity index (χ3v) is 3.24. The van der Waals surface area contributed by atoms with Crippen LogP contribution in [0.3, 0.4) is 0 Å². The van der Waals surface area contributed by atoms with Gasteiger partial charge in [-0.3, -0.25) is 0 Å². The summed E-state index contributed by atoms with van der Waals surface area (Å²) >= 11 is 0.